The van der Waals surface area contributed by atoms with Gasteiger partial charge in [-0.2, -0.15) is 0 Å². The van der Waals surface area contributed by atoms with E-state index in [0.717, 1.165) is 34.0 Å². The minimum atomic E-state index is -0.110. The molecule has 0 saturated carbocycles. The number of thiophene rings is 1. The first-order valence-electron chi connectivity index (χ1n) is 7.95. The summed E-state index contributed by atoms with van der Waals surface area (Å²) < 4.78 is 6.07. The van der Waals surface area contributed by atoms with Crippen molar-refractivity contribution in [3.8, 4) is 0 Å². The molecule has 5 nitrogen and oxygen atoms in total. The first-order valence-corrected chi connectivity index (χ1v) is 9.99. The second-order valence-electron chi connectivity index (χ2n) is 6.02. The topological polar surface area (TPSA) is 67.3 Å². The van der Waals surface area contributed by atoms with Crippen LogP contribution in [0.5, 0.6) is 0 Å². The van der Waals surface area contributed by atoms with Gasteiger partial charge in [-0.3, -0.25) is 0 Å². The van der Waals surface area contributed by atoms with Gasteiger partial charge in [-0.15, -0.1) is 11.3 Å². The van der Waals surface area contributed by atoms with Crippen molar-refractivity contribution < 1.29 is 9.84 Å². The number of fused-ring (bicyclic) bond motifs is 3. The average molecular weight is 354 g/mol. The van der Waals surface area contributed by atoms with Gasteiger partial charge in [0.05, 0.1) is 17.6 Å². The molecular weight excluding hydrogens is 330 g/mol. The Bertz CT molecular complexity index is 704. The molecule has 0 radical (unpaired) electrons. The standard InChI is InChI=1S/C16H23N3O2S2/c1-4-16(2)8-10-11(9-21-16)23-14-12(10)13(17-6-5-7-20)18-15(19-14)22-3/h20H,4-9H2,1-3H3,(H,17,18,19)/t16-/m1/s1. The summed E-state index contributed by atoms with van der Waals surface area (Å²) in [7, 11) is 0. The molecule has 0 bridgehead atoms. The lowest BCUT2D eigenvalue weighted by atomic mass is 9.90. The van der Waals surface area contributed by atoms with E-state index >= 15 is 0 Å². The van der Waals surface area contributed by atoms with Gasteiger partial charge in [-0.05, 0) is 31.6 Å². The van der Waals surface area contributed by atoms with Gasteiger partial charge in [0.15, 0.2) is 5.16 Å². The van der Waals surface area contributed by atoms with Crippen LogP contribution in [0.1, 0.15) is 37.1 Å². The molecule has 2 N–H and O–H groups in total. The number of thioether (sulfide) groups is 1. The summed E-state index contributed by atoms with van der Waals surface area (Å²) in [5.41, 5.74) is 1.22. The number of hydrogen-bond acceptors (Lipinski definition) is 7. The van der Waals surface area contributed by atoms with E-state index in [1.807, 2.05) is 6.26 Å². The summed E-state index contributed by atoms with van der Waals surface area (Å²) in [6, 6.07) is 0. The molecule has 1 aliphatic rings. The average Bonchev–Trinajstić information content (AvgIpc) is 2.92. The van der Waals surface area contributed by atoms with Crippen LogP contribution in [0.15, 0.2) is 5.16 Å². The van der Waals surface area contributed by atoms with E-state index in [1.165, 1.54) is 10.4 Å². The third-order valence-corrected chi connectivity index (χ3v) is 6.02. The SMILES string of the molecule is CC[C@]1(C)Cc2c(sc3nc(SC)nc(NCCCO)c23)CO1. The smallest absolute Gasteiger partial charge is 0.190 e. The van der Waals surface area contributed by atoms with Crippen LogP contribution in [0.3, 0.4) is 0 Å². The molecule has 2 aromatic heterocycles. The Morgan fingerprint density at radius 1 is 1.43 bits per heavy atom. The van der Waals surface area contributed by atoms with E-state index in [0.29, 0.717) is 19.6 Å². The van der Waals surface area contributed by atoms with Crippen molar-refractivity contribution in [2.75, 3.05) is 24.7 Å². The van der Waals surface area contributed by atoms with Crippen molar-refractivity contribution in [1.29, 1.82) is 0 Å². The molecule has 23 heavy (non-hydrogen) atoms. The second-order valence-corrected chi connectivity index (χ2v) is 7.87. The van der Waals surface area contributed by atoms with E-state index in [-0.39, 0.29) is 12.2 Å². The number of nitrogens with zero attached hydrogens (tertiary/aromatic N) is 2. The van der Waals surface area contributed by atoms with E-state index in [9.17, 15) is 0 Å². The number of aliphatic hydroxyl groups excluding tert-OH is 1. The molecule has 0 aromatic carbocycles. The monoisotopic (exact) mass is 353 g/mol. The number of aromatic nitrogens is 2. The highest BCUT2D eigenvalue weighted by molar-refractivity contribution is 7.98. The molecule has 0 fully saturated rings. The number of rotatable bonds is 6. The summed E-state index contributed by atoms with van der Waals surface area (Å²) >= 11 is 3.27. The maximum atomic E-state index is 9.02. The van der Waals surface area contributed by atoms with Gasteiger partial charge < -0.3 is 15.2 Å². The fourth-order valence-corrected chi connectivity index (χ4v) is 4.31. The molecule has 126 valence electrons. The van der Waals surface area contributed by atoms with Crippen molar-refractivity contribution in [2.24, 2.45) is 0 Å². The lowest BCUT2D eigenvalue weighted by Crippen LogP contribution is -2.34. The molecule has 3 heterocycles. The maximum Gasteiger partial charge on any atom is 0.190 e. The van der Waals surface area contributed by atoms with E-state index in [1.54, 1.807) is 23.1 Å². The molecule has 7 heteroatoms. The fourth-order valence-electron chi connectivity index (χ4n) is 2.78. The highest BCUT2D eigenvalue weighted by Gasteiger charge is 2.33. The molecule has 1 aliphatic heterocycles. The molecule has 0 aliphatic carbocycles. The quantitative estimate of drug-likeness (QED) is 0.471. The van der Waals surface area contributed by atoms with Crippen molar-refractivity contribution in [3.63, 3.8) is 0 Å². The fraction of sp³-hybridized carbons (Fsp3) is 0.625. The summed E-state index contributed by atoms with van der Waals surface area (Å²) in [4.78, 5) is 11.7. The maximum absolute atomic E-state index is 9.02. The van der Waals surface area contributed by atoms with E-state index < -0.39 is 0 Å². The van der Waals surface area contributed by atoms with Crippen molar-refractivity contribution >= 4 is 39.1 Å². The summed E-state index contributed by atoms with van der Waals surface area (Å²) in [5.74, 6) is 0.894. The third kappa shape index (κ3) is 3.33. The third-order valence-electron chi connectivity index (χ3n) is 4.37. The summed E-state index contributed by atoms with van der Waals surface area (Å²) in [5, 5.41) is 14.3. The predicted octanol–water partition coefficient (Wildman–Crippen LogP) is 3.45. The van der Waals surface area contributed by atoms with Gasteiger partial charge in [0, 0.05) is 24.4 Å². The van der Waals surface area contributed by atoms with Crippen LogP contribution in [0.2, 0.25) is 0 Å². The summed E-state index contributed by atoms with van der Waals surface area (Å²) in [6.07, 6.45) is 4.59. The second kappa shape index (κ2) is 6.93. The number of ether oxygens (including phenoxy) is 1. The Morgan fingerprint density at radius 2 is 2.26 bits per heavy atom. The zero-order valence-electron chi connectivity index (χ0n) is 13.8. The van der Waals surface area contributed by atoms with Crippen molar-refractivity contribution in [3.05, 3.63) is 10.4 Å². The normalized spacial score (nSPS) is 20.7. The van der Waals surface area contributed by atoms with Crippen LogP contribution in [0.25, 0.3) is 10.2 Å². The van der Waals surface area contributed by atoms with Crippen LogP contribution < -0.4 is 5.32 Å². The molecule has 3 rings (SSSR count). The minimum absolute atomic E-state index is 0.110. The lowest BCUT2D eigenvalue weighted by molar-refractivity contribution is -0.0542. The molecule has 0 saturated heterocycles. The van der Waals surface area contributed by atoms with Crippen LogP contribution in [-0.2, 0) is 17.8 Å². The molecular formula is C16H23N3O2S2. The Labute approximate surface area is 144 Å². The van der Waals surface area contributed by atoms with Gasteiger partial charge in [0.2, 0.25) is 0 Å². The lowest BCUT2D eigenvalue weighted by Gasteiger charge is -2.33. The first kappa shape index (κ1) is 17.0. The van der Waals surface area contributed by atoms with Gasteiger partial charge in [0.25, 0.3) is 0 Å². The molecule has 0 unspecified atom stereocenters. The number of anilines is 1. The number of hydrogen-bond donors (Lipinski definition) is 2. The van der Waals surface area contributed by atoms with E-state index in [2.05, 4.69) is 29.1 Å². The molecule has 2 aromatic rings. The van der Waals surface area contributed by atoms with Crippen LogP contribution >= 0.6 is 23.1 Å². The van der Waals surface area contributed by atoms with Crippen molar-refractivity contribution in [1.82, 2.24) is 9.97 Å². The van der Waals surface area contributed by atoms with Crippen molar-refractivity contribution in [2.45, 2.75) is 50.5 Å². The minimum Gasteiger partial charge on any atom is -0.396 e. The number of nitrogens with one attached hydrogen (secondary N) is 1. The molecule has 0 amide bonds. The van der Waals surface area contributed by atoms with E-state index in [4.69, 9.17) is 9.84 Å². The van der Waals surface area contributed by atoms with Crippen LogP contribution in [0, 0.1) is 0 Å². The molecule has 1 atom stereocenters. The van der Waals surface area contributed by atoms with Crippen LogP contribution in [-0.4, -0.2) is 40.1 Å². The molecule has 0 spiro atoms. The Kier molecular flexibility index (Phi) is 5.10. The Morgan fingerprint density at radius 3 is 2.96 bits per heavy atom. The summed E-state index contributed by atoms with van der Waals surface area (Å²) in [6.45, 7) is 5.89. The largest absolute Gasteiger partial charge is 0.396 e. The van der Waals surface area contributed by atoms with Gasteiger partial charge in [-0.1, -0.05) is 18.7 Å². The highest BCUT2D eigenvalue weighted by Crippen LogP contribution is 2.42. The highest BCUT2D eigenvalue weighted by atomic mass is 32.2. The van der Waals surface area contributed by atoms with Gasteiger partial charge in [0.1, 0.15) is 10.6 Å². The Balaban J connectivity index is 2.07. The zero-order valence-corrected chi connectivity index (χ0v) is 15.4. The zero-order chi connectivity index (χ0) is 16.4. The number of aliphatic hydroxyl groups is 1. The first-order chi connectivity index (χ1) is 11.1. The van der Waals surface area contributed by atoms with Crippen LogP contribution in [0.4, 0.5) is 5.82 Å². The Hall–Kier alpha value is -0.890. The predicted molar refractivity (Wildman–Crippen MR) is 96.6 cm³/mol. The van der Waals surface area contributed by atoms with Gasteiger partial charge in [-0.25, -0.2) is 9.97 Å². The van der Waals surface area contributed by atoms with Gasteiger partial charge >= 0.3 is 0 Å².